The summed E-state index contributed by atoms with van der Waals surface area (Å²) < 4.78 is 5.71. The highest BCUT2D eigenvalue weighted by molar-refractivity contribution is 7.15. The molecule has 2 aliphatic carbocycles. The lowest BCUT2D eigenvalue weighted by atomic mass is 9.81. The number of nitrogens with zero attached hydrogens (tertiary/aromatic N) is 1. The summed E-state index contributed by atoms with van der Waals surface area (Å²) >= 11 is 1.16. The van der Waals surface area contributed by atoms with Crippen LogP contribution in [0.15, 0.2) is 6.07 Å². The summed E-state index contributed by atoms with van der Waals surface area (Å²) in [6.45, 7) is 6.55. The summed E-state index contributed by atoms with van der Waals surface area (Å²) in [6, 6.07) is 1.76. The van der Waals surface area contributed by atoms with Crippen LogP contribution in [0.4, 0.5) is 5.69 Å². The molecular weight excluding hydrogens is 438 g/mol. The number of rotatable bonds is 7. The van der Waals surface area contributed by atoms with Gasteiger partial charge in [-0.25, -0.2) is 4.79 Å². The third-order valence-electron chi connectivity index (χ3n) is 6.71. The first-order valence-electron chi connectivity index (χ1n) is 12.2. The number of ether oxygens (including phenoxy) is 1. The zero-order chi connectivity index (χ0) is 24.0. The monoisotopic (exact) mass is 475 g/mol. The van der Waals surface area contributed by atoms with E-state index in [1.807, 2.05) is 18.7 Å². The first-order valence-corrected chi connectivity index (χ1v) is 13.1. The minimum absolute atomic E-state index is 0.00169. The Balaban J connectivity index is 1.91. The molecule has 0 spiro atoms. The maximum atomic E-state index is 13.8. The Hall–Kier alpha value is -1.88. The molecule has 7 heteroatoms. The van der Waals surface area contributed by atoms with Crippen LogP contribution in [-0.2, 0) is 9.53 Å². The summed E-state index contributed by atoms with van der Waals surface area (Å²) in [5.74, 6) is 6.01. The van der Waals surface area contributed by atoms with E-state index in [-0.39, 0.29) is 41.4 Å². The van der Waals surface area contributed by atoms with E-state index in [9.17, 15) is 14.7 Å². The number of anilines is 1. The van der Waals surface area contributed by atoms with Crippen LogP contribution in [0.5, 0.6) is 0 Å². The summed E-state index contributed by atoms with van der Waals surface area (Å²) in [4.78, 5) is 28.7. The first-order chi connectivity index (χ1) is 15.8. The molecule has 6 nitrogen and oxygen atoms in total. The third kappa shape index (κ3) is 6.81. The number of amides is 1. The first kappa shape index (κ1) is 25.7. The van der Waals surface area contributed by atoms with Gasteiger partial charge in [0, 0.05) is 17.9 Å². The molecular formula is C26H37NO5S. The average Bonchev–Trinajstić information content (AvgIpc) is 3.22. The predicted octanol–water partition coefficient (Wildman–Crippen LogP) is 4.93. The quantitative estimate of drug-likeness (QED) is 0.546. The van der Waals surface area contributed by atoms with Gasteiger partial charge in [-0.15, -0.1) is 11.3 Å². The lowest BCUT2D eigenvalue weighted by Crippen LogP contribution is -2.47. The molecule has 0 aliphatic heterocycles. The molecule has 3 rings (SSSR count). The molecule has 0 aromatic carbocycles. The van der Waals surface area contributed by atoms with Crippen LogP contribution >= 0.6 is 11.3 Å². The van der Waals surface area contributed by atoms with Crippen molar-refractivity contribution >= 4 is 28.9 Å². The Labute approximate surface area is 201 Å². The van der Waals surface area contributed by atoms with Crippen LogP contribution in [0.2, 0.25) is 0 Å². The number of carbonyl (C=O) groups is 2. The molecule has 2 aliphatic rings. The van der Waals surface area contributed by atoms with E-state index in [0.29, 0.717) is 23.1 Å². The summed E-state index contributed by atoms with van der Waals surface area (Å²) in [5, 5.41) is 19.0. The summed E-state index contributed by atoms with van der Waals surface area (Å²) in [6.07, 6.45) is 6.97. The van der Waals surface area contributed by atoms with Crippen LogP contribution in [0.3, 0.4) is 0 Å². The van der Waals surface area contributed by atoms with Gasteiger partial charge in [0.25, 0.3) is 0 Å². The van der Waals surface area contributed by atoms with E-state index < -0.39 is 5.97 Å². The van der Waals surface area contributed by atoms with E-state index in [1.165, 1.54) is 0 Å². The number of hydrogen-bond acceptors (Lipinski definition) is 5. The second-order valence-corrected chi connectivity index (χ2v) is 10.8. The van der Waals surface area contributed by atoms with Crippen molar-refractivity contribution in [3.05, 3.63) is 15.8 Å². The van der Waals surface area contributed by atoms with Crippen molar-refractivity contribution in [3.8, 4) is 11.8 Å². The summed E-state index contributed by atoms with van der Waals surface area (Å²) in [5.41, 5.74) is 0.504. The molecule has 182 valence electrons. The molecule has 33 heavy (non-hydrogen) atoms. The van der Waals surface area contributed by atoms with Crippen LogP contribution in [-0.4, -0.2) is 47.4 Å². The Bertz CT molecular complexity index is 867. The second kappa shape index (κ2) is 12.0. The van der Waals surface area contributed by atoms with Crippen LogP contribution < -0.4 is 4.90 Å². The molecule has 2 fully saturated rings. The molecule has 1 aromatic rings. The number of thiophene rings is 1. The van der Waals surface area contributed by atoms with Crippen LogP contribution in [0.25, 0.3) is 0 Å². The topological polar surface area (TPSA) is 87.1 Å². The van der Waals surface area contributed by atoms with Gasteiger partial charge < -0.3 is 19.8 Å². The Morgan fingerprint density at radius 2 is 1.82 bits per heavy atom. The van der Waals surface area contributed by atoms with Crippen molar-refractivity contribution in [2.45, 2.75) is 84.3 Å². The van der Waals surface area contributed by atoms with Gasteiger partial charge >= 0.3 is 5.97 Å². The number of carboxylic acids is 1. The highest BCUT2D eigenvalue weighted by Crippen LogP contribution is 2.39. The highest BCUT2D eigenvalue weighted by Gasteiger charge is 2.37. The van der Waals surface area contributed by atoms with Gasteiger partial charge in [0.1, 0.15) is 4.88 Å². The number of carbonyl (C=O) groups excluding carboxylic acids is 1. The molecule has 1 amide bonds. The van der Waals surface area contributed by atoms with Crippen LogP contribution in [0.1, 0.15) is 86.7 Å². The van der Waals surface area contributed by atoms with Gasteiger partial charge in [-0.05, 0) is 63.4 Å². The fourth-order valence-electron chi connectivity index (χ4n) is 4.88. The number of aromatic carboxylic acids is 1. The van der Waals surface area contributed by atoms with E-state index in [2.05, 4.69) is 18.8 Å². The molecule has 0 bridgehead atoms. The lowest BCUT2D eigenvalue weighted by molar-refractivity contribution is -0.124. The predicted molar refractivity (Wildman–Crippen MR) is 131 cm³/mol. The van der Waals surface area contributed by atoms with Crippen molar-refractivity contribution in [1.82, 2.24) is 0 Å². The van der Waals surface area contributed by atoms with E-state index in [1.54, 1.807) is 6.07 Å². The standard InChI is InChI=1S/C26H37NO5S/c1-17(2)4-13-22-16-23(24(33-22)26(30)31)27(25(29)19-7-5-18(3)6-8-19)20-9-11-21(12-10-20)32-15-14-28/h16-21,28H,5-12,14-15H2,1-3H3,(H,30,31)/t18?,19?,20-,21-. The van der Waals surface area contributed by atoms with Gasteiger partial charge in [0.2, 0.25) is 5.91 Å². The van der Waals surface area contributed by atoms with Crippen molar-refractivity contribution < 1.29 is 24.5 Å². The van der Waals surface area contributed by atoms with E-state index >= 15 is 0 Å². The zero-order valence-electron chi connectivity index (χ0n) is 20.0. The molecule has 0 unspecified atom stereocenters. The number of aliphatic hydroxyl groups excluding tert-OH is 1. The van der Waals surface area contributed by atoms with Gasteiger partial charge in [-0.3, -0.25) is 4.79 Å². The molecule has 1 aromatic heterocycles. The second-order valence-electron chi connectivity index (χ2n) is 9.74. The minimum atomic E-state index is -1.01. The third-order valence-corrected chi connectivity index (χ3v) is 7.73. The van der Waals surface area contributed by atoms with E-state index in [0.717, 1.165) is 62.7 Å². The molecule has 0 saturated heterocycles. The molecule has 2 N–H and O–H groups in total. The zero-order valence-corrected chi connectivity index (χ0v) is 20.8. The van der Waals surface area contributed by atoms with Gasteiger partial charge in [-0.1, -0.05) is 32.6 Å². The van der Waals surface area contributed by atoms with Gasteiger partial charge in [-0.2, -0.15) is 0 Å². The number of hydrogen-bond donors (Lipinski definition) is 2. The van der Waals surface area contributed by atoms with Gasteiger partial charge in [0.05, 0.1) is 29.9 Å². The van der Waals surface area contributed by atoms with E-state index in [4.69, 9.17) is 9.84 Å². The summed E-state index contributed by atoms with van der Waals surface area (Å²) in [7, 11) is 0. The molecule has 0 radical (unpaired) electrons. The minimum Gasteiger partial charge on any atom is -0.477 e. The van der Waals surface area contributed by atoms with Crippen molar-refractivity contribution in [1.29, 1.82) is 0 Å². The molecule has 2 saturated carbocycles. The Morgan fingerprint density at radius 3 is 2.39 bits per heavy atom. The average molecular weight is 476 g/mol. The fourth-order valence-corrected chi connectivity index (χ4v) is 5.73. The highest BCUT2D eigenvalue weighted by atomic mass is 32.1. The smallest absolute Gasteiger partial charge is 0.348 e. The SMILES string of the molecule is CC(C)C#Cc1cc(N(C(=O)C2CCC(C)CC2)[C@H]2CC[C@H](OCCO)CC2)c(C(=O)O)s1. The largest absolute Gasteiger partial charge is 0.477 e. The maximum absolute atomic E-state index is 13.8. The number of carboxylic acid groups (broad SMARTS) is 1. The normalized spacial score (nSPS) is 25.4. The Morgan fingerprint density at radius 1 is 1.15 bits per heavy atom. The maximum Gasteiger partial charge on any atom is 0.348 e. The van der Waals surface area contributed by atoms with Crippen LogP contribution in [0, 0.1) is 29.6 Å². The molecule has 1 heterocycles. The van der Waals surface area contributed by atoms with Crippen molar-refractivity contribution in [3.63, 3.8) is 0 Å². The number of aliphatic hydroxyl groups is 1. The van der Waals surface area contributed by atoms with Crippen molar-refractivity contribution in [2.24, 2.45) is 17.8 Å². The van der Waals surface area contributed by atoms with Gasteiger partial charge in [0.15, 0.2) is 0 Å². The Kier molecular flexibility index (Phi) is 9.37. The fraction of sp³-hybridized carbons (Fsp3) is 0.692. The molecule has 0 atom stereocenters. The van der Waals surface area contributed by atoms with Crippen molar-refractivity contribution in [2.75, 3.05) is 18.1 Å². The lowest BCUT2D eigenvalue weighted by Gasteiger charge is -2.39.